The molecule has 3 aromatic rings. The standard InChI is InChI=1S/C44H60N2O5/c1-2-3-4-5-6-7-8-9-10-11-12-17-30-40(41(47)31-18-14-19-32-42(48)51-43(45)34-24-15-13-16-25-34)46-44(49)50-33-39-37-28-22-20-26-35(37)36-27-21-23-29-38(36)39/h13,15-16,20-29,39-40,43H,2-12,14,17-19,30-33,45H2,1H3,(H,46,49). The van der Waals surface area contributed by atoms with Crippen molar-refractivity contribution in [1.29, 1.82) is 0 Å². The lowest BCUT2D eigenvalue weighted by Crippen LogP contribution is -2.41. The van der Waals surface area contributed by atoms with Gasteiger partial charge in [0.2, 0.25) is 0 Å². The highest BCUT2D eigenvalue weighted by Crippen LogP contribution is 2.44. The fourth-order valence-corrected chi connectivity index (χ4v) is 7.12. The van der Waals surface area contributed by atoms with Crippen molar-refractivity contribution in [2.75, 3.05) is 6.61 Å². The molecule has 2 atom stereocenters. The predicted octanol–water partition coefficient (Wildman–Crippen LogP) is 10.7. The Morgan fingerprint density at radius 1 is 0.647 bits per heavy atom. The van der Waals surface area contributed by atoms with Gasteiger partial charge in [-0.2, -0.15) is 0 Å². The number of hydrogen-bond donors (Lipinski definition) is 2. The summed E-state index contributed by atoms with van der Waals surface area (Å²) in [4.78, 5) is 38.9. The fraction of sp³-hybridized carbons (Fsp3) is 0.523. The number of ketones is 1. The number of amides is 1. The van der Waals surface area contributed by atoms with Crippen LogP contribution in [0.25, 0.3) is 11.1 Å². The minimum atomic E-state index is -0.787. The second kappa shape index (κ2) is 22.8. The van der Waals surface area contributed by atoms with Crippen LogP contribution in [0.15, 0.2) is 78.9 Å². The van der Waals surface area contributed by atoms with Gasteiger partial charge in [0, 0.05) is 24.3 Å². The third-order valence-corrected chi connectivity index (χ3v) is 10.1. The number of alkyl carbamates (subject to hydrolysis) is 1. The molecule has 2 unspecified atom stereocenters. The molecular weight excluding hydrogens is 636 g/mol. The molecule has 0 radical (unpaired) electrons. The molecule has 7 heteroatoms. The maximum atomic E-state index is 13.4. The first-order valence-corrected chi connectivity index (χ1v) is 19.6. The monoisotopic (exact) mass is 696 g/mol. The average molecular weight is 697 g/mol. The molecule has 0 heterocycles. The first kappa shape index (κ1) is 39.8. The number of carbonyl (C=O) groups is 3. The van der Waals surface area contributed by atoms with Gasteiger partial charge >= 0.3 is 12.1 Å². The molecule has 1 amide bonds. The van der Waals surface area contributed by atoms with E-state index in [0.717, 1.165) is 36.0 Å². The number of esters is 1. The summed E-state index contributed by atoms with van der Waals surface area (Å²) in [6.07, 6.45) is 16.7. The second-order valence-corrected chi connectivity index (χ2v) is 14.0. The second-order valence-electron chi connectivity index (χ2n) is 14.0. The van der Waals surface area contributed by atoms with E-state index in [2.05, 4.69) is 36.5 Å². The Bertz CT molecular complexity index is 1430. The van der Waals surface area contributed by atoms with Crippen molar-refractivity contribution in [2.24, 2.45) is 5.73 Å². The summed E-state index contributed by atoms with van der Waals surface area (Å²) in [5, 5.41) is 2.93. The number of rotatable bonds is 25. The topological polar surface area (TPSA) is 108 Å². The number of fused-ring (bicyclic) bond motifs is 3. The summed E-state index contributed by atoms with van der Waals surface area (Å²) in [6.45, 7) is 2.47. The van der Waals surface area contributed by atoms with Crippen molar-refractivity contribution in [3.05, 3.63) is 95.6 Å². The molecule has 0 bridgehead atoms. The number of unbranched alkanes of at least 4 members (excludes halogenated alkanes) is 13. The van der Waals surface area contributed by atoms with E-state index in [4.69, 9.17) is 15.2 Å². The van der Waals surface area contributed by atoms with Gasteiger partial charge in [0.05, 0.1) is 6.04 Å². The summed E-state index contributed by atoms with van der Waals surface area (Å²) < 4.78 is 11.2. The van der Waals surface area contributed by atoms with E-state index < -0.39 is 18.4 Å². The number of Topliss-reactive ketones (excluding diaryl/α,β-unsaturated/α-hetero) is 1. The van der Waals surface area contributed by atoms with Crippen LogP contribution < -0.4 is 11.1 Å². The lowest BCUT2D eigenvalue weighted by molar-refractivity contribution is -0.149. The van der Waals surface area contributed by atoms with Crippen molar-refractivity contribution in [1.82, 2.24) is 5.32 Å². The van der Waals surface area contributed by atoms with Gasteiger partial charge in [-0.25, -0.2) is 4.79 Å². The van der Waals surface area contributed by atoms with E-state index in [0.29, 0.717) is 32.1 Å². The summed E-state index contributed by atoms with van der Waals surface area (Å²) in [6, 6.07) is 25.2. The van der Waals surface area contributed by atoms with Crippen LogP contribution in [-0.2, 0) is 19.1 Å². The largest absolute Gasteiger partial charge is 0.449 e. The quantitative estimate of drug-likeness (QED) is 0.0519. The first-order valence-electron chi connectivity index (χ1n) is 19.6. The van der Waals surface area contributed by atoms with Gasteiger partial charge < -0.3 is 14.8 Å². The van der Waals surface area contributed by atoms with Crippen molar-refractivity contribution >= 4 is 17.8 Å². The van der Waals surface area contributed by atoms with Crippen LogP contribution in [0.3, 0.4) is 0 Å². The molecule has 3 N–H and O–H groups in total. The van der Waals surface area contributed by atoms with Crippen molar-refractivity contribution < 1.29 is 23.9 Å². The van der Waals surface area contributed by atoms with Gasteiger partial charge in [0.15, 0.2) is 12.0 Å². The van der Waals surface area contributed by atoms with Gasteiger partial charge in [-0.1, -0.05) is 169 Å². The summed E-state index contributed by atoms with van der Waals surface area (Å²) in [5.74, 6) is -0.373. The molecule has 1 aliphatic carbocycles. The van der Waals surface area contributed by atoms with E-state index in [1.165, 1.54) is 68.9 Å². The molecule has 0 aromatic heterocycles. The SMILES string of the molecule is CCCCCCCCCCCCCCC(NC(=O)OCC1c2ccccc2-c2ccccc21)C(=O)CCCCCC(=O)OC(N)c1ccccc1. The van der Waals surface area contributed by atoms with Crippen LogP contribution in [0.4, 0.5) is 4.79 Å². The molecule has 7 nitrogen and oxygen atoms in total. The molecule has 3 aromatic carbocycles. The molecule has 0 aliphatic heterocycles. The van der Waals surface area contributed by atoms with Gasteiger partial charge in [0.25, 0.3) is 0 Å². The number of carbonyl (C=O) groups excluding carboxylic acids is 3. The fourth-order valence-electron chi connectivity index (χ4n) is 7.12. The molecule has 0 spiro atoms. The maximum Gasteiger partial charge on any atom is 0.407 e. The Labute approximate surface area is 306 Å². The minimum absolute atomic E-state index is 0.0141. The third-order valence-electron chi connectivity index (χ3n) is 10.1. The van der Waals surface area contributed by atoms with Crippen LogP contribution >= 0.6 is 0 Å². The number of benzene rings is 3. The third kappa shape index (κ3) is 13.6. The maximum absolute atomic E-state index is 13.4. The smallest absolute Gasteiger partial charge is 0.407 e. The van der Waals surface area contributed by atoms with E-state index in [1.807, 2.05) is 54.6 Å². The highest BCUT2D eigenvalue weighted by atomic mass is 16.6. The molecular formula is C44H60N2O5. The highest BCUT2D eigenvalue weighted by molar-refractivity contribution is 5.87. The van der Waals surface area contributed by atoms with E-state index in [-0.39, 0.29) is 30.7 Å². The van der Waals surface area contributed by atoms with E-state index >= 15 is 0 Å². The zero-order valence-electron chi connectivity index (χ0n) is 30.8. The van der Waals surface area contributed by atoms with Crippen molar-refractivity contribution in [3.63, 3.8) is 0 Å². The Morgan fingerprint density at radius 2 is 1.16 bits per heavy atom. The zero-order valence-corrected chi connectivity index (χ0v) is 30.8. The molecule has 0 saturated heterocycles. The Balaban J connectivity index is 1.20. The zero-order chi connectivity index (χ0) is 36.1. The summed E-state index contributed by atoms with van der Waals surface area (Å²) >= 11 is 0. The van der Waals surface area contributed by atoms with Crippen LogP contribution in [0.5, 0.6) is 0 Å². The van der Waals surface area contributed by atoms with Gasteiger partial charge in [-0.05, 0) is 41.5 Å². The summed E-state index contributed by atoms with van der Waals surface area (Å²) in [5.41, 5.74) is 11.4. The number of nitrogens with two attached hydrogens (primary N) is 1. The lowest BCUT2D eigenvalue weighted by atomic mass is 9.98. The normalized spacial score (nSPS) is 13.2. The van der Waals surface area contributed by atoms with Gasteiger partial charge in [-0.15, -0.1) is 0 Å². The molecule has 51 heavy (non-hydrogen) atoms. The first-order chi connectivity index (χ1) is 25.0. The Morgan fingerprint density at radius 3 is 1.76 bits per heavy atom. The molecule has 0 fully saturated rings. The molecule has 4 rings (SSSR count). The van der Waals surface area contributed by atoms with Crippen LogP contribution in [-0.4, -0.2) is 30.5 Å². The number of hydrogen-bond acceptors (Lipinski definition) is 6. The van der Waals surface area contributed by atoms with Crippen LogP contribution in [0.2, 0.25) is 0 Å². The lowest BCUT2D eigenvalue weighted by Gasteiger charge is -2.19. The van der Waals surface area contributed by atoms with Crippen molar-refractivity contribution in [2.45, 2.75) is 141 Å². The van der Waals surface area contributed by atoms with E-state index in [1.54, 1.807) is 0 Å². The number of nitrogens with one attached hydrogen (secondary N) is 1. The van der Waals surface area contributed by atoms with E-state index in [9.17, 15) is 14.4 Å². The van der Waals surface area contributed by atoms with Gasteiger partial charge in [-0.3, -0.25) is 15.3 Å². The number of ether oxygens (including phenoxy) is 2. The molecule has 0 saturated carbocycles. The molecule has 1 aliphatic rings. The summed E-state index contributed by atoms with van der Waals surface area (Å²) in [7, 11) is 0. The molecule has 276 valence electrons. The van der Waals surface area contributed by atoms with Gasteiger partial charge in [0.1, 0.15) is 6.61 Å². The van der Waals surface area contributed by atoms with Crippen molar-refractivity contribution in [3.8, 4) is 11.1 Å². The van der Waals surface area contributed by atoms with Crippen LogP contribution in [0, 0.1) is 0 Å². The minimum Gasteiger partial charge on any atom is -0.449 e. The van der Waals surface area contributed by atoms with Crippen LogP contribution in [0.1, 0.15) is 151 Å². The predicted molar refractivity (Wildman–Crippen MR) is 205 cm³/mol. The average Bonchev–Trinajstić information content (AvgIpc) is 3.47. The highest BCUT2D eigenvalue weighted by Gasteiger charge is 2.29. The Kier molecular flexibility index (Phi) is 17.8. The Hall–Kier alpha value is -3.97.